The minimum absolute atomic E-state index is 0.0560. The molecule has 0 aliphatic carbocycles. The molecule has 0 amide bonds. The average molecular weight is 287 g/mol. The number of ether oxygens (including phenoxy) is 3. The Morgan fingerprint density at radius 2 is 1.29 bits per heavy atom. The zero-order valence-electron chi connectivity index (χ0n) is 12.6. The molecule has 112 valence electrons. The van der Waals surface area contributed by atoms with Gasteiger partial charge in [-0.1, -0.05) is 0 Å². The number of benzene rings is 2. The second-order valence-corrected chi connectivity index (χ2v) is 4.71. The second kappa shape index (κ2) is 7.43. The molecule has 4 heteroatoms. The van der Waals surface area contributed by atoms with Gasteiger partial charge < -0.3 is 19.5 Å². The lowest BCUT2D eigenvalue weighted by Gasteiger charge is -2.16. The Bertz CT molecular complexity index is 537. The SMILES string of the molecule is COc1ccc(NCC(C)Oc2ccc(OC)cc2)cc1. The van der Waals surface area contributed by atoms with Crippen molar-refractivity contribution in [2.75, 3.05) is 26.1 Å². The maximum absolute atomic E-state index is 5.84. The first-order valence-corrected chi connectivity index (χ1v) is 6.90. The van der Waals surface area contributed by atoms with Crippen molar-refractivity contribution >= 4 is 5.69 Å². The highest BCUT2D eigenvalue weighted by Crippen LogP contribution is 2.19. The zero-order chi connectivity index (χ0) is 15.1. The van der Waals surface area contributed by atoms with E-state index in [1.54, 1.807) is 14.2 Å². The molecule has 0 saturated heterocycles. The second-order valence-electron chi connectivity index (χ2n) is 4.71. The summed E-state index contributed by atoms with van der Waals surface area (Å²) < 4.78 is 16.1. The Kier molecular flexibility index (Phi) is 5.32. The molecule has 2 aromatic carbocycles. The van der Waals surface area contributed by atoms with Crippen LogP contribution in [0.4, 0.5) is 5.69 Å². The van der Waals surface area contributed by atoms with Crippen molar-refractivity contribution in [1.82, 2.24) is 0 Å². The summed E-state index contributed by atoms with van der Waals surface area (Å²) in [5.41, 5.74) is 1.04. The Morgan fingerprint density at radius 1 is 0.810 bits per heavy atom. The lowest BCUT2D eigenvalue weighted by Crippen LogP contribution is -2.22. The molecule has 0 saturated carbocycles. The first-order valence-electron chi connectivity index (χ1n) is 6.90. The van der Waals surface area contributed by atoms with Gasteiger partial charge in [-0.25, -0.2) is 0 Å². The number of hydrogen-bond donors (Lipinski definition) is 1. The molecule has 0 aromatic heterocycles. The van der Waals surface area contributed by atoms with Gasteiger partial charge in [0.25, 0.3) is 0 Å². The molecule has 0 aliphatic rings. The van der Waals surface area contributed by atoms with E-state index in [0.717, 1.165) is 29.5 Å². The van der Waals surface area contributed by atoms with Crippen LogP contribution in [-0.4, -0.2) is 26.9 Å². The Morgan fingerprint density at radius 3 is 1.81 bits per heavy atom. The van der Waals surface area contributed by atoms with Crippen molar-refractivity contribution in [3.8, 4) is 17.2 Å². The van der Waals surface area contributed by atoms with Gasteiger partial charge in [0.15, 0.2) is 0 Å². The lowest BCUT2D eigenvalue weighted by molar-refractivity contribution is 0.234. The quantitative estimate of drug-likeness (QED) is 0.845. The van der Waals surface area contributed by atoms with Crippen LogP contribution in [0.25, 0.3) is 0 Å². The van der Waals surface area contributed by atoms with Gasteiger partial charge in [-0.3, -0.25) is 0 Å². The van der Waals surface area contributed by atoms with Crippen molar-refractivity contribution in [1.29, 1.82) is 0 Å². The van der Waals surface area contributed by atoms with Gasteiger partial charge in [0.2, 0.25) is 0 Å². The monoisotopic (exact) mass is 287 g/mol. The Balaban J connectivity index is 1.81. The summed E-state index contributed by atoms with van der Waals surface area (Å²) in [6.45, 7) is 2.75. The molecule has 2 rings (SSSR count). The smallest absolute Gasteiger partial charge is 0.120 e. The first-order chi connectivity index (χ1) is 10.2. The Labute approximate surface area is 125 Å². The van der Waals surface area contributed by atoms with Gasteiger partial charge in [0.1, 0.15) is 23.4 Å². The normalized spacial score (nSPS) is 11.6. The van der Waals surface area contributed by atoms with Crippen LogP contribution in [0.2, 0.25) is 0 Å². The van der Waals surface area contributed by atoms with E-state index in [-0.39, 0.29) is 6.10 Å². The van der Waals surface area contributed by atoms with E-state index in [1.165, 1.54) is 0 Å². The molecule has 0 spiro atoms. The topological polar surface area (TPSA) is 39.7 Å². The lowest BCUT2D eigenvalue weighted by atomic mass is 10.3. The Hall–Kier alpha value is -2.36. The minimum atomic E-state index is 0.0560. The predicted octanol–water partition coefficient (Wildman–Crippen LogP) is 3.58. The van der Waals surface area contributed by atoms with Gasteiger partial charge in [-0.05, 0) is 55.5 Å². The van der Waals surface area contributed by atoms with Crippen molar-refractivity contribution in [2.24, 2.45) is 0 Å². The highest BCUT2D eigenvalue weighted by molar-refractivity contribution is 5.46. The molecule has 2 aromatic rings. The molecule has 0 aliphatic heterocycles. The third-order valence-electron chi connectivity index (χ3n) is 3.08. The van der Waals surface area contributed by atoms with Crippen molar-refractivity contribution in [3.63, 3.8) is 0 Å². The molecule has 0 heterocycles. The zero-order valence-corrected chi connectivity index (χ0v) is 12.6. The van der Waals surface area contributed by atoms with Crippen LogP contribution in [0.1, 0.15) is 6.92 Å². The number of rotatable bonds is 7. The summed E-state index contributed by atoms with van der Waals surface area (Å²) in [5.74, 6) is 2.51. The average Bonchev–Trinajstić information content (AvgIpc) is 2.54. The first kappa shape index (κ1) is 15.0. The summed E-state index contributed by atoms with van der Waals surface area (Å²) in [6.07, 6.45) is 0.0560. The number of hydrogen-bond acceptors (Lipinski definition) is 4. The number of anilines is 1. The van der Waals surface area contributed by atoms with E-state index < -0.39 is 0 Å². The van der Waals surface area contributed by atoms with E-state index in [1.807, 2.05) is 55.5 Å². The van der Waals surface area contributed by atoms with E-state index in [4.69, 9.17) is 14.2 Å². The van der Waals surface area contributed by atoms with Gasteiger partial charge >= 0.3 is 0 Å². The summed E-state index contributed by atoms with van der Waals surface area (Å²) in [7, 11) is 3.31. The maximum atomic E-state index is 5.84. The molecule has 0 radical (unpaired) electrons. The van der Waals surface area contributed by atoms with E-state index in [0.29, 0.717) is 0 Å². The molecular weight excluding hydrogens is 266 g/mol. The molecule has 21 heavy (non-hydrogen) atoms. The summed E-state index contributed by atoms with van der Waals surface area (Å²) in [5, 5.41) is 3.33. The molecule has 0 fully saturated rings. The maximum Gasteiger partial charge on any atom is 0.120 e. The third kappa shape index (κ3) is 4.60. The fourth-order valence-electron chi connectivity index (χ4n) is 1.90. The molecule has 1 unspecified atom stereocenters. The van der Waals surface area contributed by atoms with Crippen LogP contribution in [-0.2, 0) is 0 Å². The molecular formula is C17H21NO3. The largest absolute Gasteiger partial charge is 0.497 e. The van der Waals surface area contributed by atoms with Crippen molar-refractivity contribution < 1.29 is 14.2 Å². The summed E-state index contributed by atoms with van der Waals surface area (Å²) >= 11 is 0. The molecule has 0 bridgehead atoms. The number of nitrogens with one attached hydrogen (secondary N) is 1. The predicted molar refractivity (Wildman–Crippen MR) is 84.6 cm³/mol. The van der Waals surface area contributed by atoms with Crippen LogP contribution < -0.4 is 19.5 Å². The molecule has 1 atom stereocenters. The van der Waals surface area contributed by atoms with E-state index in [2.05, 4.69) is 5.32 Å². The fraction of sp³-hybridized carbons (Fsp3) is 0.294. The third-order valence-corrected chi connectivity index (χ3v) is 3.08. The van der Waals surface area contributed by atoms with E-state index >= 15 is 0 Å². The van der Waals surface area contributed by atoms with Gasteiger partial charge in [-0.15, -0.1) is 0 Å². The standard InChI is InChI=1S/C17H21NO3/c1-13(21-17-10-8-16(20-3)9-11-17)12-18-14-4-6-15(19-2)7-5-14/h4-11,13,18H,12H2,1-3H3. The van der Waals surface area contributed by atoms with Crippen molar-refractivity contribution in [2.45, 2.75) is 13.0 Å². The summed E-state index contributed by atoms with van der Waals surface area (Å²) in [6, 6.07) is 15.4. The van der Waals surface area contributed by atoms with Crippen LogP contribution in [0.5, 0.6) is 17.2 Å². The highest BCUT2D eigenvalue weighted by Gasteiger charge is 2.04. The van der Waals surface area contributed by atoms with Crippen LogP contribution in [0.15, 0.2) is 48.5 Å². The fourth-order valence-corrected chi connectivity index (χ4v) is 1.90. The van der Waals surface area contributed by atoms with Gasteiger partial charge in [0.05, 0.1) is 20.8 Å². The van der Waals surface area contributed by atoms with Gasteiger partial charge in [0, 0.05) is 5.69 Å². The van der Waals surface area contributed by atoms with Gasteiger partial charge in [-0.2, -0.15) is 0 Å². The molecule has 1 N–H and O–H groups in total. The molecule has 4 nitrogen and oxygen atoms in total. The van der Waals surface area contributed by atoms with E-state index in [9.17, 15) is 0 Å². The van der Waals surface area contributed by atoms with Crippen molar-refractivity contribution in [3.05, 3.63) is 48.5 Å². The van der Waals surface area contributed by atoms with Crippen LogP contribution in [0.3, 0.4) is 0 Å². The highest BCUT2D eigenvalue weighted by atomic mass is 16.5. The number of methoxy groups -OCH3 is 2. The van der Waals surface area contributed by atoms with Crippen LogP contribution in [0, 0.1) is 0 Å². The minimum Gasteiger partial charge on any atom is -0.497 e. The summed E-state index contributed by atoms with van der Waals surface area (Å²) in [4.78, 5) is 0. The van der Waals surface area contributed by atoms with Crippen LogP contribution >= 0.6 is 0 Å².